The number of nitrogens with two attached hydrogens (primary N) is 1. The highest BCUT2D eigenvalue weighted by molar-refractivity contribution is 5.80. The topological polar surface area (TPSA) is 87.5 Å². The number of nitrogens with one attached hydrogen (secondary N) is 2. The standard InChI is InChI=1S/C24H40N4O2/c1-3-4-5-6-7-8-16-26-24(30)28-17-14-21(19(2)29)18-23(28)27-22-11-9-20(10-12-22)13-15-25/h9-12,21,23,27H,3-8,13-18,25H2,1-2H3,(H,26,30). The van der Waals surface area contributed by atoms with Crippen LogP contribution in [-0.4, -0.2) is 42.5 Å². The number of urea groups is 1. The Hall–Kier alpha value is -2.08. The average molecular weight is 417 g/mol. The van der Waals surface area contributed by atoms with Gasteiger partial charge in [0.15, 0.2) is 0 Å². The van der Waals surface area contributed by atoms with Gasteiger partial charge in [0, 0.05) is 24.7 Å². The normalized spacial score (nSPS) is 18.8. The van der Waals surface area contributed by atoms with E-state index in [4.69, 9.17) is 5.73 Å². The average Bonchev–Trinajstić information content (AvgIpc) is 2.74. The van der Waals surface area contributed by atoms with Gasteiger partial charge in [-0.15, -0.1) is 0 Å². The van der Waals surface area contributed by atoms with Gasteiger partial charge in [0.1, 0.15) is 11.9 Å². The van der Waals surface area contributed by atoms with E-state index in [0.29, 0.717) is 26.1 Å². The Morgan fingerprint density at radius 2 is 1.80 bits per heavy atom. The summed E-state index contributed by atoms with van der Waals surface area (Å²) in [5.74, 6) is 0.203. The molecule has 6 heteroatoms. The molecule has 0 spiro atoms. The highest BCUT2D eigenvalue weighted by Crippen LogP contribution is 2.25. The minimum atomic E-state index is -0.183. The first-order valence-electron chi connectivity index (χ1n) is 11.7. The lowest BCUT2D eigenvalue weighted by atomic mass is 9.91. The first kappa shape index (κ1) is 24.2. The quantitative estimate of drug-likeness (QED) is 0.443. The summed E-state index contributed by atoms with van der Waals surface area (Å²) in [4.78, 5) is 26.6. The van der Waals surface area contributed by atoms with Crippen LogP contribution in [0.15, 0.2) is 24.3 Å². The smallest absolute Gasteiger partial charge is 0.319 e. The van der Waals surface area contributed by atoms with E-state index in [1.165, 1.54) is 31.2 Å². The maximum Gasteiger partial charge on any atom is 0.319 e. The molecule has 2 amide bonds. The number of likely N-dealkylation sites (tertiary alicyclic amines) is 1. The molecule has 1 aliphatic heterocycles. The number of ketones is 1. The van der Waals surface area contributed by atoms with Gasteiger partial charge in [0.25, 0.3) is 0 Å². The van der Waals surface area contributed by atoms with Crippen LogP contribution in [0.5, 0.6) is 0 Å². The number of carbonyl (C=O) groups excluding carboxylic acids is 2. The van der Waals surface area contributed by atoms with Gasteiger partial charge in [-0.2, -0.15) is 0 Å². The predicted molar refractivity (Wildman–Crippen MR) is 123 cm³/mol. The number of benzene rings is 1. The Balaban J connectivity index is 1.90. The lowest BCUT2D eigenvalue weighted by molar-refractivity contribution is -0.122. The Bertz CT molecular complexity index is 647. The molecule has 1 aliphatic rings. The van der Waals surface area contributed by atoms with Gasteiger partial charge in [-0.1, -0.05) is 51.2 Å². The second-order valence-corrected chi connectivity index (χ2v) is 8.42. The van der Waals surface area contributed by atoms with Crippen LogP contribution in [0.25, 0.3) is 0 Å². The summed E-state index contributed by atoms with van der Waals surface area (Å²) >= 11 is 0. The van der Waals surface area contributed by atoms with Crippen molar-refractivity contribution in [1.82, 2.24) is 10.2 Å². The number of anilines is 1. The predicted octanol–water partition coefficient (Wildman–Crippen LogP) is 4.30. The number of hydrogen-bond acceptors (Lipinski definition) is 4. The zero-order valence-electron chi connectivity index (χ0n) is 18.8. The number of rotatable bonds is 12. The van der Waals surface area contributed by atoms with E-state index in [2.05, 4.69) is 29.7 Å². The molecule has 30 heavy (non-hydrogen) atoms. The third kappa shape index (κ3) is 7.98. The molecule has 2 unspecified atom stereocenters. The number of nitrogens with zero attached hydrogens (tertiary/aromatic N) is 1. The van der Waals surface area contributed by atoms with E-state index < -0.39 is 0 Å². The van der Waals surface area contributed by atoms with Gasteiger partial charge in [-0.25, -0.2) is 4.79 Å². The maximum atomic E-state index is 12.8. The lowest BCUT2D eigenvalue weighted by Crippen LogP contribution is -2.54. The second-order valence-electron chi connectivity index (χ2n) is 8.42. The Morgan fingerprint density at radius 1 is 1.10 bits per heavy atom. The minimum absolute atomic E-state index is 0.00151. The summed E-state index contributed by atoms with van der Waals surface area (Å²) in [5, 5.41) is 6.55. The summed E-state index contributed by atoms with van der Waals surface area (Å²) in [6.07, 6.45) is 9.26. The molecule has 0 aromatic heterocycles. The minimum Gasteiger partial charge on any atom is -0.365 e. The Kier molecular flexibility index (Phi) is 10.7. The molecule has 2 rings (SSSR count). The van der Waals surface area contributed by atoms with Gasteiger partial charge in [0.05, 0.1) is 0 Å². The molecule has 1 fully saturated rings. The van der Waals surface area contributed by atoms with Gasteiger partial charge in [-0.05, 0) is 56.8 Å². The zero-order valence-corrected chi connectivity index (χ0v) is 18.8. The van der Waals surface area contributed by atoms with Crippen molar-refractivity contribution in [3.05, 3.63) is 29.8 Å². The summed E-state index contributed by atoms with van der Waals surface area (Å²) in [7, 11) is 0. The van der Waals surface area contributed by atoms with Crippen molar-refractivity contribution in [1.29, 1.82) is 0 Å². The van der Waals surface area contributed by atoms with Crippen molar-refractivity contribution in [2.45, 2.75) is 77.8 Å². The van der Waals surface area contributed by atoms with Crippen molar-refractivity contribution in [3.63, 3.8) is 0 Å². The highest BCUT2D eigenvalue weighted by atomic mass is 16.2. The number of hydrogen-bond donors (Lipinski definition) is 3. The third-order valence-corrected chi connectivity index (χ3v) is 5.97. The van der Waals surface area contributed by atoms with Crippen LogP contribution < -0.4 is 16.4 Å². The number of unbranched alkanes of at least 4 members (excludes halogenated alkanes) is 5. The molecule has 1 aromatic rings. The Labute approximate surface area is 182 Å². The molecule has 4 N–H and O–H groups in total. The van der Waals surface area contributed by atoms with E-state index in [0.717, 1.165) is 31.4 Å². The molecule has 0 bridgehead atoms. The third-order valence-electron chi connectivity index (χ3n) is 5.97. The molecule has 1 heterocycles. The summed E-state index contributed by atoms with van der Waals surface area (Å²) in [6, 6.07) is 8.12. The van der Waals surface area contributed by atoms with Crippen LogP contribution in [-0.2, 0) is 11.2 Å². The molecule has 168 valence electrons. The molecular formula is C24H40N4O2. The van der Waals surface area contributed by atoms with Crippen molar-refractivity contribution in [3.8, 4) is 0 Å². The van der Waals surface area contributed by atoms with Crippen LogP contribution in [0.1, 0.15) is 70.8 Å². The first-order chi connectivity index (χ1) is 14.5. The summed E-state index contributed by atoms with van der Waals surface area (Å²) in [5.41, 5.74) is 7.78. The van der Waals surface area contributed by atoms with Crippen LogP contribution in [0.3, 0.4) is 0 Å². The monoisotopic (exact) mass is 416 g/mol. The van der Waals surface area contributed by atoms with Crippen molar-refractivity contribution in [2.75, 3.05) is 25.0 Å². The number of Topliss-reactive ketones (excluding diaryl/α,β-unsaturated/α-hetero) is 1. The molecule has 0 radical (unpaired) electrons. The van der Waals surface area contributed by atoms with Crippen LogP contribution >= 0.6 is 0 Å². The zero-order chi connectivity index (χ0) is 21.8. The van der Waals surface area contributed by atoms with Gasteiger partial charge >= 0.3 is 6.03 Å². The van der Waals surface area contributed by atoms with E-state index in [9.17, 15) is 9.59 Å². The molecule has 1 aromatic carbocycles. The Morgan fingerprint density at radius 3 is 2.47 bits per heavy atom. The maximum absolute atomic E-state index is 12.8. The van der Waals surface area contributed by atoms with Gasteiger partial charge in [-0.3, -0.25) is 4.79 Å². The molecule has 0 saturated carbocycles. The molecular weight excluding hydrogens is 376 g/mol. The highest BCUT2D eigenvalue weighted by Gasteiger charge is 2.33. The van der Waals surface area contributed by atoms with Gasteiger partial charge in [0.2, 0.25) is 0 Å². The first-order valence-corrected chi connectivity index (χ1v) is 11.7. The number of carbonyl (C=O) groups is 2. The number of piperidine rings is 1. The summed E-state index contributed by atoms with van der Waals surface area (Å²) < 4.78 is 0. The summed E-state index contributed by atoms with van der Waals surface area (Å²) in [6.45, 7) is 5.79. The van der Waals surface area contributed by atoms with Gasteiger partial charge < -0.3 is 21.3 Å². The van der Waals surface area contributed by atoms with Crippen molar-refractivity contribution in [2.24, 2.45) is 11.7 Å². The van der Waals surface area contributed by atoms with Crippen molar-refractivity contribution >= 4 is 17.5 Å². The van der Waals surface area contributed by atoms with E-state index >= 15 is 0 Å². The molecule has 1 saturated heterocycles. The van der Waals surface area contributed by atoms with E-state index in [1.54, 1.807) is 6.92 Å². The van der Waals surface area contributed by atoms with E-state index in [1.807, 2.05) is 17.0 Å². The second kappa shape index (κ2) is 13.3. The van der Waals surface area contributed by atoms with Crippen LogP contribution in [0, 0.1) is 5.92 Å². The fraction of sp³-hybridized carbons (Fsp3) is 0.667. The number of amides is 2. The molecule has 6 nitrogen and oxygen atoms in total. The van der Waals surface area contributed by atoms with Crippen molar-refractivity contribution < 1.29 is 9.59 Å². The molecule has 2 atom stereocenters. The largest absolute Gasteiger partial charge is 0.365 e. The SMILES string of the molecule is CCCCCCCCNC(=O)N1CCC(C(C)=O)CC1Nc1ccc(CCN)cc1. The fourth-order valence-electron chi connectivity index (χ4n) is 4.04. The van der Waals surface area contributed by atoms with E-state index in [-0.39, 0.29) is 23.9 Å². The van der Waals surface area contributed by atoms with Crippen LogP contribution in [0.2, 0.25) is 0 Å². The molecule has 0 aliphatic carbocycles. The lowest BCUT2D eigenvalue weighted by Gasteiger charge is -2.39. The fourth-order valence-corrected chi connectivity index (χ4v) is 4.04. The van der Waals surface area contributed by atoms with Crippen LogP contribution in [0.4, 0.5) is 10.5 Å².